The molecule has 0 unspecified atom stereocenters. The highest BCUT2D eigenvalue weighted by atomic mass is 79.9. The molecule has 0 aliphatic carbocycles. The van der Waals surface area contributed by atoms with Crippen LogP contribution in [0.5, 0.6) is 5.75 Å². The van der Waals surface area contributed by atoms with Crippen LogP contribution in [-0.2, 0) is 4.57 Å². The predicted octanol–water partition coefficient (Wildman–Crippen LogP) is 9.69. The minimum atomic E-state index is -3.46. The van der Waals surface area contributed by atoms with E-state index in [9.17, 15) is 4.57 Å². The summed E-state index contributed by atoms with van der Waals surface area (Å²) in [6.45, 7) is 2.10. The molecule has 0 amide bonds. The fraction of sp³-hybridized carbons (Fsp3) is 0.133. The molecule has 6 rings (SSSR count). The first kappa shape index (κ1) is 23.8. The molecule has 6 heteroatoms. The first-order valence-electron chi connectivity index (χ1n) is 11.9. The molecular weight excluding hydrogens is 553 g/mol. The van der Waals surface area contributed by atoms with E-state index in [2.05, 4.69) is 77.5 Å². The Kier molecular flexibility index (Phi) is 6.17. The fourth-order valence-electron chi connectivity index (χ4n) is 5.44. The maximum absolute atomic E-state index is 14.6. The van der Waals surface area contributed by atoms with Crippen molar-refractivity contribution in [2.24, 2.45) is 0 Å². The Hall–Kier alpha value is -2.62. The fourth-order valence-corrected chi connectivity index (χ4v) is 8.21. The van der Waals surface area contributed by atoms with Gasteiger partial charge in [-0.3, -0.25) is 4.57 Å². The average Bonchev–Trinajstić information content (AvgIpc) is 2.92. The lowest BCUT2D eigenvalue weighted by atomic mass is 9.91. The average molecular weight is 577 g/mol. The summed E-state index contributed by atoms with van der Waals surface area (Å²) in [4.78, 5) is 0. The van der Waals surface area contributed by atoms with Gasteiger partial charge >= 0.3 is 7.52 Å². The lowest BCUT2D eigenvalue weighted by Crippen LogP contribution is -2.35. The topological polar surface area (TPSA) is 29.5 Å². The van der Waals surface area contributed by atoms with Crippen molar-refractivity contribution in [2.75, 3.05) is 5.62 Å². The van der Waals surface area contributed by atoms with E-state index in [1.807, 2.05) is 53.2 Å². The van der Waals surface area contributed by atoms with Crippen molar-refractivity contribution in [2.45, 2.75) is 19.0 Å². The third kappa shape index (κ3) is 3.88. The Bertz CT molecular complexity index is 1630. The number of halogens is 2. The summed E-state index contributed by atoms with van der Waals surface area (Å²) < 4.78 is 24.0. The van der Waals surface area contributed by atoms with Crippen molar-refractivity contribution in [3.8, 4) is 5.75 Å². The second-order valence-corrected chi connectivity index (χ2v) is 12.9. The number of alkyl halides is 1. The van der Waals surface area contributed by atoms with Crippen molar-refractivity contribution in [3.05, 3.63) is 124 Å². The molecule has 0 N–H and O–H groups in total. The van der Waals surface area contributed by atoms with Crippen LogP contribution in [-0.4, -0.2) is 10.3 Å². The molecule has 0 fully saturated rings. The third-order valence-corrected chi connectivity index (χ3v) is 10.6. The monoisotopic (exact) mass is 575 g/mol. The molecule has 0 bridgehead atoms. The van der Waals surface area contributed by atoms with Crippen LogP contribution in [0.15, 0.2) is 108 Å². The highest BCUT2D eigenvalue weighted by Crippen LogP contribution is 2.66. The normalized spacial score (nSPS) is 20.7. The molecule has 180 valence electrons. The van der Waals surface area contributed by atoms with Gasteiger partial charge in [-0.05, 0) is 57.8 Å². The van der Waals surface area contributed by atoms with Crippen LogP contribution in [0.2, 0.25) is 0 Å². The first-order chi connectivity index (χ1) is 17.5. The molecule has 1 heterocycles. The van der Waals surface area contributed by atoms with Gasteiger partial charge in [0.1, 0.15) is 11.4 Å². The van der Waals surface area contributed by atoms with E-state index >= 15 is 0 Å². The maximum Gasteiger partial charge on any atom is 0.335 e. The second kappa shape index (κ2) is 9.36. The van der Waals surface area contributed by atoms with E-state index < -0.39 is 7.52 Å². The van der Waals surface area contributed by atoms with E-state index in [0.29, 0.717) is 5.75 Å². The molecule has 0 aromatic heterocycles. The van der Waals surface area contributed by atoms with Crippen LogP contribution >= 0.6 is 35.1 Å². The van der Waals surface area contributed by atoms with Crippen LogP contribution < -0.4 is 4.52 Å². The molecule has 0 spiro atoms. The lowest BCUT2D eigenvalue weighted by Gasteiger charge is -2.45. The number of hydrogen-bond donors (Lipinski definition) is 0. The smallest absolute Gasteiger partial charge is 0.335 e. The summed E-state index contributed by atoms with van der Waals surface area (Å²) in [5, 5.41) is 4.47. The quantitative estimate of drug-likeness (QED) is 0.158. The standard InChI is InChI=1S/C30H24BrClNO2P/c1-20(25-12-6-9-21-7-2-4-10-26(21)25)33-30(23-13-16-24(31)17-14-23)29-27-11-5-3-8-22(27)15-18-28(29)35-36(33,34)19-32/h2-18,20,30H,19H2,1H3/t20-,30-,36-/m0/s1. The van der Waals surface area contributed by atoms with Gasteiger partial charge in [0, 0.05) is 16.1 Å². The Balaban J connectivity index is 1.65. The van der Waals surface area contributed by atoms with E-state index in [-0.39, 0.29) is 17.7 Å². The summed E-state index contributed by atoms with van der Waals surface area (Å²) in [5.74, 6) is 0.631. The number of fused-ring (bicyclic) bond motifs is 4. The molecule has 1 aliphatic heterocycles. The van der Waals surface area contributed by atoms with Crippen LogP contribution in [0.25, 0.3) is 21.5 Å². The maximum atomic E-state index is 14.6. The molecule has 3 atom stereocenters. The second-order valence-electron chi connectivity index (χ2n) is 9.13. The largest absolute Gasteiger partial charge is 0.431 e. The summed E-state index contributed by atoms with van der Waals surface area (Å²) in [7, 11) is -3.46. The van der Waals surface area contributed by atoms with Gasteiger partial charge in [0.2, 0.25) is 0 Å². The van der Waals surface area contributed by atoms with Crippen LogP contribution in [0.4, 0.5) is 0 Å². The van der Waals surface area contributed by atoms with Crippen LogP contribution in [0, 0.1) is 0 Å². The Labute approximate surface area is 224 Å². The summed E-state index contributed by atoms with van der Waals surface area (Å²) in [6, 6.07) is 34.5. The minimum Gasteiger partial charge on any atom is -0.431 e. The molecular formula is C30H24BrClNO2P. The molecule has 0 saturated carbocycles. The van der Waals surface area contributed by atoms with Gasteiger partial charge in [0.15, 0.2) is 0 Å². The van der Waals surface area contributed by atoms with Gasteiger partial charge in [0.25, 0.3) is 0 Å². The van der Waals surface area contributed by atoms with Crippen molar-refractivity contribution < 1.29 is 9.09 Å². The minimum absolute atomic E-state index is 0.110. The molecule has 5 aromatic carbocycles. The highest BCUT2D eigenvalue weighted by molar-refractivity contribution is 9.10. The van der Waals surface area contributed by atoms with Gasteiger partial charge in [0.05, 0.1) is 6.04 Å². The predicted molar refractivity (Wildman–Crippen MR) is 153 cm³/mol. The summed E-state index contributed by atoms with van der Waals surface area (Å²) in [6.07, 6.45) is 0. The molecule has 36 heavy (non-hydrogen) atoms. The van der Waals surface area contributed by atoms with Gasteiger partial charge in [-0.2, -0.15) is 0 Å². The zero-order chi connectivity index (χ0) is 24.9. The van der Waals surface area contributed by atoms with Gasteiger partial charge in [-0.1, -0.05) is 101 Å². The molecule has 3 nitrogen and oxygen atoms in total. The zero-order valence-corrected chi connectivity index (χ0v) is 22.9. The summed E-state index contributed by atoms with van der Waals surface area (Å²) in [5.41, 5.74) is 3.03. The van der Waals surface area contributed by atoms with Crippen LogP contribution in [0.3, 0.4) is 0 Å². The Morgan fingerprint density at radius 1 is 0.861 bits per heavy atom. The van der Waals surface area contributed by atoms with Crippen LogP contribution in [0.1, 0.15) is 35.7 Å². The SMILES string of the molecule is C[C@@H](c1cccc2ccccc12)N1[C@@H](c2ccc(Br)cc2)c2c(ccc3ccccc23)O[P@@]1(=O)CCl. The first-order valence-corrected chi connectivity index (χ1v) is 15.0. The molecule has 0 radical (unpaired) electrons. The van der Waals surface area contributed by atoms with Gasteiger partial charge in [-0.15, -0.1) is 11.6 Å². The number of rotatable bonds is 4. The lowest BCUT2D eigenvalue weighted by molar-refractivity contribution is 0.244. The van der Waals surface area contributed by atoms with Crippen molar-refractivity contribution >= 4 is 56.6 Å². The molecule has 5 aromatic rings. The van der Waals surface area contributed by atoms with E-state index in [0.717, 1.165) is 42.7 Å². The van der Waals surface area contributed by atoms with E-state index in [1.54, 1.807) is 0 Å². The van der Waals surface area contributed by atoms with E-state index in [4.69, 9.17) is 16.1 Å². The van der Waals surface area contributed by atoms with Crippen molar-refractivity contribution in [3.63, 3.8) is 0 Å². The number of benzene rings is 5. The third-order valence-electron chi connectivity index (χ3n) is 7.07. The number of hydrogen-bond acceptors (Lipinski definition) is 2. The molecule has 1 aliphatic rings. The molecule has 0 saturated heterocycles. The van der Waals surface area contributed by atoms with Crippen molar-refractivity contribution in [1.82, 2.24) is 4.67 Å². The van der Waals surface area contributed by atoms with Gasteiger partial charge < -0.3 is 4.52 Å². The zero-order valence-electron chi connectivity index (χ0n) is 19.6. The number of nitrogens with zero attached hydrogens (tertiary/aromatic N) is 1. The summed E-state index contributed by atoms with van der Waals surface area (Å²) >= 11 is 10.1. The Morgan fingerprint density at radius 2 is 1.50 bits per heavy atom. The van der Waals surface area contributed by atoms with Gasteiger partial charge in [-0.25, -0.2) is 4.67 Å². The Morgan fingerprint density at radius 3 is 2.22 bits per heavy atom. The van der Waals surface area contributed by atoms with Crippen molar-refractivity contribution in [1.29, 1.82) is 0 Å². The van der Waals surface area contributed by atoms with E-state index in [1.165, 1.54) is 0 Å². The highest BCUT2D eigenvalue weighted by Gasteiger charge is 2.48.